The number of allylic oxidation sites excluding steroid dienone is 1. The number of aliphatic hydroxyl groups is 7. The van der Waals surface area contributed by atoms with Crippen molar-refractivity contribution in [3.05, 3.63) is 38.8 Å². The van der Waals surface area contributed by atoms with E-state index >= 15 is 0 Å². The minimum Gasteiger partial charge on any atom is -0.477 e. The van der Waals surface area contributed by atoms with E-state index in [0.29, 0.717) is 21.5 Å². The zero-order chi connectivity index (χ0) is 29.5. The number of fused-ring (bicyclic) bond motifs is 1. The summed E-state index contributed by atoms with van der Waals surface area (Å²) in [6.45, 7) is -0.105. The predicted molar refractivity (Wildman–Crippen MR) is 139 cm³/mol. The smallest absolute Gasteiger partial charge is 0.364 e. The molecule has 224 valence electrons. The van der Waals surface area contributed by atoms with Crippen molar-refractivity contribution in [1.29, 1.82) is 0 Å². The molecule has 0 aromatic heterocycles. The summed E-state index contributed by atoms with van der Waals surface area (Å²) in [5.41, 5.74) is 1.40. The lowest BCUT2D eigenvalue weighted by atomic mass is 9.84. The van der Waals surface area contributed by atoms with Crippen molar-refractivity contribution in [2.45, 2.75) is 80.7 Å². The zero-order valence-electron chi connectivity index (χ0n) is 21.2. The number of halogens is 2. The van der Waals surface area contributed by atoms with Crippen LogP contribution in [-0.4, -0.2) is 121 Å². The van der Waals surface area contributed by atoms with E-state index in [0.717, 1.165) is 5.56 Å². The van der Waals surface area contributed by atoms with Crippen LogP contribution in [0.4, 0.5) is 0 Å². The van der Waals surface area contributed by atoms with E-state index in [1.54, 1.807) is 12.1 Å². The molecule has 0 spiro atoms. The standard InChI is InChI=1S/C25H32BrClO13/c1-9-12(29)6-25(24(35)36,40-22(9)18(31)13(30)7-28)37-8-15-19(32)20(33)21(34)23(39-15)38-14-5-3-10-2-4-11(26)17(27)16(10)14/h2,4-5,9,12-13,15,18-23,28-34H,3,6-8H2,1H3,(H,35,36)/t9-,12-,13-,15?,18-,19+,20+,21?,22?,23-,25-/m1/s1. The number of hydrogen-bond donors (Lipinski definition) is 8. The highest BCUT2D eigenvalue weighted by Gasteiger charge is 2.55. The first-order chi connectivity index (χ1) is 18.8. The van der Waals surface area contributed by atoms with Crippen LogP contribution in [-0.2, 0) is 30.2 Å². The number of benzene rings is 1. The molecule has 2 aliphatic heterocycles. The average molecular weight is 656 g/mol. The lowest BCUT2D eigenvalue weighted by Crippen LogP contribution is -2.63. The summed E-state index contributed by atoms with van der Waals surface area (Å²) in [4.78, 5) is 12.3. The van der Waals surface area contributed by atoms with Crippen LogP contribution in [0.2, 0.25) is 5.02 Å². The van der Waals surface area contributed by atoms with Gasteiger partial charge in [0.1, 0.15) is 42.4 Å². The van der Waals surface area contributed by atoms with Gasteiger partial charge in [-0.3, -0.25) is 0 Å². The van der Waals surface area contributed by atoms with Crippen LogP contribution in [0.3, 0.4) is 0 Å². The topological polar surface area (TPSA) is 216 Å². The van der Waals surface area contributed by atoms with Crippen LogP contribution in [0, 0.1) is 5.92 Å². The second-order valence-corrected chi connectivity index (χ2v) is 11.4. The van der Waals surface area contributed by atoms with Gasteiger partial charge in [-0.15, -0.1) is 0 Å². The molecule has 0 radical (unpaired) electrons. The predicted octanol–water partition coefficient (Wildman–Crippen LogP) is -0.879. The van der Waals surface area contributed by atoms with Gasteiger partial charge in [-0.1, -0.05) is 24.6 Å². The normalized spacial score (nSPS) is 37.4. The maximum atomic E-state index is 12.3. The maximum Gasteiger partial charge on any atom is 0.364 e. The third-order valence-electron chi connectivity index (χ3n) is 7.50. The van der Waals surface area contributed by atoms with Crippen LogP contribution in [0.25, 0.3) is 5.76 Å². The Labute approximate surface area is 242 Å². The largest absolute Gasteiger partial charge is 0.477 e. The molecular formula is C25H32BrClO13. The van der Waals surface area contributed by atoms with Gasteiger partial charge in [-0.05, 0) is 40.1 Å². The fourth-order valence-electron chi connectivity index (χ4n) is 4.99. The third-order valence-corrected chi connectivity index (χ3v) is 8.78. The quantitative estimate of drug-likeness (QED) is 0.162. The lowest BCUT2D eigenvalue weighted by Gasteiger charge is -2.46. The van der Waals surface area contributed by atoms with Gasteiger partial charge in [0.05, 0.1) is 30.4 Å². The Morgan fingerprint density at radius 2 is 1.90 bits per heavy atom. The highest BCUT2D eigenvalue weighted by Crippen LogP contribution is 2.41. The summed E-state index contributed by atoms with van der Waals surface area (Å²) in [5, 5.41) is 82.0. The van der Waals surface area contributed by atoms with Crippen molar-refractivity contribution < 1.29 is 64.6 Å². The number of carbonyl (C=O) groups is 1. The molecule has 1 aromatic carbocycles. The zero-order valence-corrected chi connectivity index (χ0v) is 23.6. The molecule has 2 heterocycles. The number of carboxylic acids is 1. The fraction of sp³-hybridized carbons (Fsp3) is 0.640. The number of aliphatic carboxylic acids is 1. The van der Waals surface area contributed by atoms with Crippen molar-refractivity contribution in [3.63, 3.8) is 0 Å². The summed E-state index contributed by atoms with van der Waals surface area (Å²) in [6, 6.07) is 3.61. The lowest BCUT2D eigenvalue weighted by molar-refractivity contribution is -0.338. The van der Waals surface area contributed by atoms with Crippen LogP contribution >= 0.6 is 27.5 Å². The second kappa shape index (κ2) is 12.5. The van der Waals surface area contributed by atoms with E-state index in [9.17, 15) is 45.6 Å². The molecule has 4 rings (SSSR count). The van der Waals surface area contributed by atoms with E-state index in [-0.39, 0.29) is 5.76 Å². The molecule has 2 fully saturated rings. The monoisotopic (exact) mass is 654 g/mol. The highest BCUT2D eigenvalue weighted by atomic mass is 79.9. The van der Waals surface area contributed by atoms with E-state index in [2.05, 4.69) is 15.9 Å². The first-order valence-corrected chi connectivity index (χ1v) is 13.7. The van der Waals surface area contributed by atoms with Gasteiger partial charge in [0, 0.05) is 22.4 Å². The Morgan fingerprint density at radius 1 is 1.20 bits per heavy atom. The van der Waals surface area contributed by atoms with Gasteiger partial charge < -0.3 is 59.8 Å². The van der Waals surface area contributed by atoms with Gasteiger partial charge in [-0.2, -0.15) is 0 Å². The average Bonchev–Trinajstić information content (AvgIpc) is 3.34. The molecule has 15 heteroatoms. The van der Waals surface area contributed by atoms with Crippen LogP contribution in [0.1, 0.15) is 24.5 Å². The molecule has 13 nitrogen and oxygen atoms in total. The SMILES string of the molecule is C[C@H]1C([C@H](O)[C@H](O)CO)O[C@@](OCC2O[C@@H](OC3=CCc4ccc(Br)c(Cl)c43)C(O)[C@@H](O)[C@H]2O)(C(=O)O)C[C@H]1O. The first-order valence-electron chi connectivity index (χ1n) is 12.5. The summed E-state index contributed by atoms with van der Waals surface area (Å²) in [6.07, 6.45) is -12.9. The van der Waals surface area contributed by atoms with Crippen LogP contribution < -0.4 is 0 Å². The van der Waals surface area contributed by atoms with Crippen molar-refractivity contribution in [2.75, 3.05) is 13.2 Å². The molecule has 8 N–H and O–H groups in total. The molecule has 3 unspecified atom stereocenters. The summed E-state index contributed by atoms with van der Waals surface area (Å²) in [7, 11) is 0. The fourth-order valence-corrected chi connectivity index (χ4v) is 5.60. The summed E-state index contributed by atoms with van der Waals surface area (Å²) in [5.74, 6) is -4.82. The molecule has 40 heavy (non-hydrogen) atoms. The van der Waals surface area contributed by atoms with Crippen molar-refractivity contribution >= 4 is 39.3 Å². The number of aliphatic hydroxyl groups excluding tert-OH is 7. The van der Waals surface area contributed by atoms with Crippen molar-refractivity contribution in [1.82, 2.24) is 0 Å². The molecule has 1 aliphatic carbocycles. The molecule has 0 bridgehead atoms. The first kappa shape index (κ1) is 31.5. The van der Waals surface area contributed by atoms with E-state index in [4.69, 9.17) is 30.5 Å². The Hall–Kier alpha value is -1.40. The number of rotatable bonds is 9. The number of ether oxygens (including phenoxy) is 4. The Balaban J connectivity index is 1.51. The van der Waals surface area contributed by atoms with Gasteiger partial charge in [-0.25, -0.2) is 4.79 Å². The van der Waals surface area contributed by atoms with Crippen molar-refractivity contribution in [2.24, 2.45) is 5.92 Å². The van der Waals surface area contributed by atoms with Gasteiger partial charge >= 0.3 is 5.97 Å². The molecule has 11 atom stereocenters. The third kappa shape index (κ3) is 5.91. The van der Waals surface area contributed by atoms with E-state index < -0.39 is 92.4 Å². The second-order valence-electron chi connectivity index (χ2n) is 10.1. The minimum atomic E-state index is -2.56. The Morgan fingerprint density at radius 3 is 2.55 bits per heavy atom. The number of hydrogen-bond acceptors (Lipinski definition) is 12. The molecular weight excluding hydrogens is 624 g/mol. The highest BCUT2D eigenvalue weighted by molar-refractivity contribution is 9.10. The number of carboxylic acid groups (broad SMARTS) is 1. The molecule has 3 aliphatic rings. The van der Waals surface area contributed by atoms with E-state index in [1.807, 2.05) is 6.07 Å². The minimum absolute atomic E-state index is 0.266. The van der Waals surface area contributed by atoms with Crippen LogP contribution in [0.5, 0.6) is 0 Å². The van der Waals surface area contributed by atoms with E-state index in [1.165, 1.54) is 6.92 Å². The summed E-state index contributed by atoms with van der Waals surface area (Å²) >= 11 is 9.76. The Bertz CT molecular complexity index is 1120. The molecule has 0 amide bonds. The Kier molecular flexibility index (Phi) is 9.82. The summed E-state index contributed by atoms with van der Waals surface area (Å²) < 4.78 is 23.2. The van der Waals surface area contributed by atoms with Crippen molar-refractivity contribution in [3.8, 4) is 0 Å². The van der Waals surface area contributed by atoms with Gasteiger partial charge in [0.2, 0.25) is 6.29 Å². The molecule has 0 saturated carbocycles. The van der Waals surface area contributed by atoms with Gasteiger partial charge in [0.25, 0.3) is 5.79 Å². The maximum absolute atomic E-state index is 12.3. The van der Waals surface area contributed by atoms with Crippen LogP contribution in [0.15, 0.2) is 22.7 Å². The molecule has 1 aromatic rings. The van der Waals surface area contributed by atoms with Gasteiger partial charge in [0.15, 0.2) is 0 Å². The molecule has 2 saturated heterocycles.